The fraction of sp³-hybridized carbons (Fsp3) is 0. The predicted octanol–water partition coefficient (Wildman–Crippen LogP) is 4.20. The van der Waals surface area contributed by atoms with Gasteiger partial charge in [-0.1, -0.05) is 42.5 Å². The first kappa shape index (κ1) is 16.3. The van der Waals surface area contributed by atoms with E-state index in [0.29, 0.717) is 22.9 Å². The molecule has 0 radical (unpaired) electrons. The van der Waals surface area contributed by atoms with E-state index in [-0.39, 0.29) is 0 Å². The second-order valence-electron chi connectivity index (χ2n) is 5.27. The Balaban J connectivity index is 0.000000157. The molecule has 5 nitrogen and oxygen atoms in total. The van der Waals surface area contributed by atoms with Crippen molar-refractivity contribution in [1.82, 2.24) is 5.48 Å². The molecule has 0 unspecified atom stereocenters. The molecule has 1 heterocycles. The fourth-order valence-electron chi connectivity index (χ4n) is 2.20. The minimum atomic E-state index is 0.598. The van der Waals surface area contributed by atoms with Crippen LogP contribution in [-0.4, -0.2) is 0 Å². The number of rotatable bonds is 2. The highest BCUT2D eigenvalue weighted by Crippen LogP contribution is 2.30. The third-order valence-electron chi connectivity index (χ3n) is 3.48. The van der Waals surface area contributed by atoms with Crippen molar-refractivity contribution in [3.8, 4) is 17.2 Å². The van der Waals surface area contributed by atoms with Gasteiger partial charge in [0.1, 0.15) is 11.5 Å². The van der Waals surface area contributed by atoms with Gasteiger partial charge in [0.2, 0.25) is 0 Å². The SMILES string of the molecule is C1=Cc2ccccc2ON1.Nc1ccccc1Oc1ccccc1N. The molecule has 5 N–H and O–H groups in total. The quantitative estimate of drug-likeness (QED) is 0.612. The second-order valence-corrected chi connectivity index (χ2v) is 5.27. The van der Waals surface area contributed by atoms with Crippen LogP contribution in [0.4, 0.5) is 11.4 Å². The lowest BCUT2D eigenvalue weighted by molar-refractivity contribution is 0.239. The number of hydrogen-bond donors (Lipinski definition) is 3. The maximum atomic E-state index is 5.75. The summed E-state index contributed by atoms with van der Waals surface area (Å²) in [5.41, 5.74) is 16.5. The Labute approximate surface area is 146 Å². The summed E-state index contributed by atoms with van der Waals surface area (Å²) in [5.74, 6) is 2.12. The molecule has 5 heteroatoms. The van der Waals surface area contributed by atoms with Gasteiger partial charge in [-0.05, 0) is 36.4 Å². The van der Waals surface area contributed by atoms with Gasteiger partial charge in [-0.2, -0.15) is 0 Å². The van der Waals surface area contributed by atoms with Crippen LogP contribution in [0.25, 0.3) is 6.08 Å². The van der Waals surface area contributed by atoms with Crippen LogP contribution in [0.15, 0.2) is 79.0 Å². The number of hydrogen-bond acceptors (Lipinski definition) is 5. The molecule has 0 saturated carbocycles. The van der Waals surface area contributed by atoms with Crippen LogP contribution in [-0.2, 0) is 0 Å². The van der Waals surface area contributed by atoms with E-state index in [9.17, 15) is 0 Å². The van der Waals surface area contributed by atoms with Crippen molar-refractivity contribution in [2.24, 2.45) is 0 Å². The van der Waals surface area contributed by atoms with Crippen LogP contribution in [0.3, 0.4) is 0 Å². The number of fused-ring (bicyclic) bond motifs is 1. The van der Waals surface area contributed by atoms with E-state index >= 15 is 0 Å². The predicted molar refractivity (Wildman–Crippen MR) is 101 cm³/mol. The van der Waals surface area contributed by atoms with E-state index in [2.05, 4.69) is 5.48 Å². The molecular weight excluding hydrogens is 314 g/mol. The van der Waals surface area contributed by atoms with Crippen molar-refractivity contribution in [1.29, 1.82) is 0 Å². The molecule has 25 heavy (non-hydrogen) atoms. The van der Waals surface area contributed by atoms with Gasteiger partial charge in [-0.3, -0.25) is 0 Å². The first-order valence-corrected chi connectivity index (χ1v) is 7.79. The minimum Gasteiger partial charge on any atom is -0.453 e. The number of para-hydroxylation sites is 5. The van der Waals surface area contributed by atoms with Gasteiger partial charge in [-0.25, -0.2) is 5.48 Å². The van der Waals surface area contributed by atoms with Gasteiger partial charge in [-0.15, -0.1) is 0 Å². The van der Waals surface area contributed by atoms with Crippen LogP contribution in [0.2, 0.25) is 0 Å². The summed E-state index contributed by atoms with van der Waals surface area (Å²) in [7, 11) is 0. The van der Waals surface area contributed by atoms with Crippen LogP contribution in [0.1, 0.15) is 5.56 Å². The number of ether oxygens (including phenoxy) is 1. The van der Waals surface area contributed by atoms with E-state index in [1.165, 1.54) is 0 Å². The van der Waals surface area contributed by atoms with Crippen LogP contribution in [0.5, 0.6) is 17.2 Å². The Morgan fingerprint density at radius 2 is 1.28 bits per heavy atom. The molecular formula is C20H19N3O2. The Hall–Kier alpha value is -3.60. The summed E-state index contributed by atoms with van der Waals surface area (Å²) >= 11 is 0. The highest BCUT2D eigenvalue weighted by molar-refractivity contribution is 5.59. The number of nitrogen functional groups attached to an aromatic ring is 2. The van der Waals surface area contributed by atoms with E-state index in [1.54, 1.807) is 18.3 Å². The number of anilines is 2. The first-order chi connectivity index (χ1) is 12.2. The third-order valence-corrected chi connectivity index (χ3v) is 3.48. The highest BCUT2D eigenvalue weighted by Gasteiger charge is 2.03. The molecule has 3 aromatic rings. The van der Waals surface area contributed by atoms with Crippen molar-refractivity contribution in [3.05, 3.63) is 84.6 Å². The van der Waals surface area contributed by atoms with E-state index in [1.807, 2.05) is 66.7 Å². The Morgan fingerprint density at radius 3 is 1.88 bits per heavy atom. The Bertz CT molecular complexity index is 835. The maximum Gasteiger partial charge on any atom is 0.162 e. The standard InChI is InChI=1S/C12H12N2O.C8H7NO/c13-9-5-1-3-7-11(9)15-12-8-4-2-6-10(12)14;1-2-4-8-7(3-1)5-6-9-10-8/h1-8H,13-14H2;1-6,9H. The highest BCUT2D eigenvalue weighted by atomic mass is 16.6. The summed E-state index contributed by atoms with van der Waals surface area (Å²) < 4.78 is 5.59. The zero-order chi connectivity index (χ0) is 17.5. The van der Waals surface area contributed by atoms with Crippen LogP contribution < -0.4 is 26.5 Å². The maximum absolute atomic E-state index is 5.75. The summed E-state index contributed by atoms with van der Waals surface area (Å²) in [6.07, 6.45) is 3.74. The summed E-state index contributed by atoms with van der Waals surface area (Å²) in [6, 6.07) is 22.5. The molecule has 0 fully saturated rings. The zero-order valence-corrected chi connectivity index (χ0v) is 13.6. The molecule has 0 atom stereocenters. The van der Waals surface area contributed by atoms with Gasteiger partial charge in [0.25, 0.3) is 0 Å². The smallest absolute Gasteiger partial charge is 0.162 e. The van der Waals surface area contributed by atoms with Crippen LogP contribution in [0, 0.1) is 0 Å². The molecule has 1 aliphatic rings. The minimum absolute atomic E-state index is 0.598. The summed E-state index contributed by atoms with van der Waals surface area (Å²) in [6.45, 7) is 0. The van der Waals surface area contributed by atoms with E-state index in [4.69, 9.17) is 21.0 Å². The summed E-state index contributed by atoms with van der Waals surface area (Å²) in [4.78, 5) is 5.09. The molecule has 0 saturated heterocycles. The Morgan fingerprint density at radius 1 is 0.720 bits per heavy atom. The molecule has 1 aliphatic heterocycles. The van der Waals surface area contributed by atoms with Crippen molar-refractivity contribution in [2.45, 2.75) is 0 Å². The van der Waals surface area contributed by atoms with Gasteiger partial charge in [0.05, 0.1) is 11.4 Å². The van der Waals surface area contributed by atoms with Crippen LogP contribution >= 0.6 is 0 Å². The van der Waals surface area contributed by atoms with Gasteiger partial charge < -0.3 is 21.0 Å². The Kier molecular flexibility index (Phi) is 5.07. The zero-order valence-electron chi connectivity index (χ0n) is 13.6. The van der Waals surface area contributed by atoms with Gasteiger partial charge in [0, 0.05) is 11.8 Å². The van der Waals surface area contributed by atoms with Crippen molar-refractivity contribution >= 4 is 17.5 Å². The largest absolute Gasteiger partial charge is 0.453 e. The molecule has 0 aromatic heterocycles. The third kappa shape index (κ3) is 4.23. The fourth-order valence-corrected chi connectivity index (χ4v) is 2.20. The molecule has 126 valence electrons. The van der Waals surface area contributed by atoms with E-state index in [0.717, 1.165) is 11.3 Å². The lowest BCUT2D eigenvalue weighted by Gasteiger charge is -2.11. The number of nitrogens with one attached hydrogen (secondary N) is 1. The lowest BCUT2D eigenvalue weighted by atomic mass is 10.2. The van der Waals surface area contributed by atoms with Crippen molar-refractivity contribution in [2.75, 3.05) is 11.5 Å². The monoisotopic (exact) mass is 333 g/mol. The van der Waals surface area contributed by atoms with Gasteiger partial charge >= 0.3 is 0 Å². The first-order valence-electron chi connectivity index (χ1n) is 7.79. The second kappa shape index (κ2) is 7.79. The number of nitrogens with two attached hydrogens (primary N) is 2. The molecule has 4 rings (SSSR count). The van der Waals surface area contributed by atoms with Gasteiger partial charge in [0.15, 0.2) is 5.75 Å². The summed E-state index contributed by atoms with van der Waals surface area (Å²) in [5, 5.41) is 0. The van der Waals surface area contributed by atoms with Crippen molar-refractivity contribution in [3.63, 3.8) is 0 Å². The van der Waals surface area contributed by atoms with Crippen molar-refractivity contribution < 1.29 is 9.57 Å². The lowest BCUT2D eigenvalue weighted by Crippen LogP contribution is -2.13. The normalized spacial score (nSPS) is 11.2. The molecule has 0 amide bonds. The number of benzene rings is 3. The van der Waals surface area contributed by atoms with E-state index < -0.39 is 0 Å². The molecule has 0 spiro atoms. The molecule has 0 bridgehead atoms. The average Bonchev–Trinajstić information content (AvgIpc) is 2.66. The molecule has 0 aliphatic carbocycles. The average molecular weight is 333 g/mol. The molecule has 3 aromatic carbocycles. The topological polar surface area (TPSA) is 82.5 Å². The number of hydroxylamine groups is 1.